The van der Waals surface area contributed by atoms with Crippen LogP contribution >= 0.6 is 0 Å². The highest BCUT2D eigenvalue weighted by atomic mass is 32.3. The smallest absolute Gasteiger partial charge is 0.416 e. The molecule has 0 heterocycles. The molecule has 0 spiro atoms. The van der Waals surface area contributed by atoms with Crippen LogP contribution in [0.25, 0.3) is 4.85 Å². The Bertz CT molecular complexity index is 600. The molecule has 0 aromatic heterocycles. The first kappa shape index (κ1) is 15.9. The molecule has 0 aromatic rings. The third-order valence-corrected chi connectivity index (χ3v) is 6.36. The highest BCUT2D eigenvalue weighted by Gasteiger charge is 2.47. The fourth-order valence-corrected chi connectivity index (χ4v) is 3.85. The number of nitrogens with zero attached hydrogens (tertiary/aromatic N) is 1. The van der Waals surface area contributed by atoms with Gasteiger partial charge in [0.15, 0.2) is 4.08 Å². The predicted molar refractivity (Wildman–Crippen MR) is 59.9 cm³/mol. The second-order valence-corrected chi connectivity index (χ2v) is 7.32. The SMILES string of the molecule is [C-]#[N+]CS(=O)(=O)C1(S(=O)[O-])C=CC(C(F)(F)F)=CC1. The second-order valence-electron chi connectivity index (χ2n) is 3.64. The van der Waals surface area contributed by atoms with Crippen LogP contribution in [0.3, 0.4) is 0 Å². The first-order valence-electron chi connectivity index (χ1n) is 4.68. The Balaban J connectivity index is 3.26. The van der Waals surface area contributed by atoms with E-state index in [0.717, 1.165) is 0 Å². The molecule has 0 aliphatic heterocycles. The van der Waals surface area contributed by atoms with Gasteiger partial charge >= 0.3 is 12.1 Å². The summed E-state index contributed by atoms with van der Waals surface area (Å²) >= 11 is -3.20. The molecule has 1 aliphatic rings. The Kier molecular flexibility index (Phi) is 4.23. The third kappa shape index (κ3) is 2.88. The molecule has 0 saturated carbocycles. The zero-order valence-electron chi connectivity index (χ0n) is 9.18. The zero-order valence-corrected chi connectivity index (χ0v) is 10.8. The van der Waals surface area contributed by atoms with Crippen LogP contribution < -0.4 is 0 Å². The molecule has 1 aliphatic carbocycles. The lowest BCUT2D eigenvalue weighted by atomic mass is 10.1. The van der Waals surface area contributed by atoms with Crippen molar-refractivity contribution in [3.63, 3.8) is 0 Å². The Morgan fingerprint density at radius 3 is 2.42 bits per heavy atom. The average Bonchev–Trinajstić information content (AvgIpc) is 2.27. The lowest BCUT2D eigenvalue weighted by molar-refractivity contribution is -0.0886. The Morgan fingerprint density at radius 2 is 2.11 bits per heavy atom. The first-order chi connectivity index (χ1) is 8.57. The van der Waals surface area contributed by atoms with Gasteiger partial charge in [-0.2, -0.15) is 13.2 Å². The van der Waals surface area contributed by atoms with Gasteiger partial charge in [-0.15, -0.1) is 0 Å². The number of allylic oxidation sites excluding steroid dienone is 3. The molecule has 0 aromatic carbocycles. The number of halogens is 3. The van der Waals surface area contributed by atoms with Crippen LogP contribution in [-0.4, -0.2) is 33.3 Å². The van der Waals surface area contributed by atoms with Crippen LogP contribution in [-0.2, 0) is 20.9 Å². The van der Waals surface area contributed by atoms with Gasteiger partial charge in [-0.1, -0.05) is 18.2 Å². The molecule has 2 atom stereocenters. The van der Waals surface area contributed by atoms with Gasteiger partial charge in [0.1, 0.15) is 0 Å². The van der Waals surface area contributed by atoms with Gasteiger partial charge < -0.3 is 4.55 Å². The molecule has 19 heavy (non-hydrogen) atoms. The summed E-state index contributed by atoms with van der Waals surface area (Å²) in [6.45, 7) is 6.47. The quantitative estimate of drug-likeness (QED) is 0.581. The standard InChI is InChI=1S/C9H8F3NO4S2/c1-13-6-19(16,17)8(18(14)15)4-2-7(3-5-8)9(10,11)12/h2-4H,5-6H2,(H,14,15)/p-1. The maximum Gasteiger partial charge on any atom is 0.416 e. The summed E-state index contributed by atoms with van der Waals surface area (Å²) in [6.07, 6.45) is -4.18. The maximum atomic E-state index is 12.4. The normalized spacial score (nSPS) is 25.5. The first-order valence-corrected chi connectivity index (χ1v) is 7.41. The fraction of sp³-hybridized carbons (Fsp3) is 0.444. The molecule has 0 bridgehead atoms. The Labute approximate surface area is 109 Å². The molecule has 0 amide bonds. The fourth-order valence-electron chi connectivity index (χ4n) is 1.47. The molecular formula is C9H7F3NO4S2-. The summed E-state index contributed by atoms with van der Waals surface area (Å²) in [5.41, 5.74) is -1.12. The van der Waals surface area contributed by atoms with E-state index in [1.54, 1.807) is 0 Å². The van der Waals surface area contributed by atoms with E-state index in [2.05, 4.69) is 4.85 Å². The van der Waals surface area contributed by atoms with Crippen molar-refractivity contribution >= 4 is 20.9 Å². The van der Waals surface area contributed by atoms with Gasteiger partial charge in [0.2, 0.25) is 9.84 Å². The minimum Gasteiger partial charge on any atom is -0.771 e. The van der Waals surface area contributed by atoms with E-state index in [1.807, 2.05) is 0 Å². The molecule has 5 nitrogen and oxygen atoms in total. The van der Waals surface area contributed by atoms with Gasteiger partial charge in [-0.3, -0.25) is 9.05 Å². The van der Waals surface area contributed by atoms with Gasteiger partial charge in [-0.05, 0) is 11.1 Å². The van der Waals surface area contributed by atoms with E-state index in [-0.39, 0.29) is 0 Å². The van der Waals surface area contributed by atoms with Crippen molar-refractivity contribution in [2.24, 2.45) is 0 Å². The summed E-state index contributed by atoms with van der Waals surface area (Å²) in [4.78, 5) is 2.59. The Hall–Kier alpha value is -1.18. The van der Waals surface area contributed by atoms with Crippen LogP contribution in [0.1, 0.15) is 6.42 Å². The molecule has 0 fully saturated rings. The van der Waals surface area contributed by atoms with Crippen LogP contribution in [0.15, 0.2) is 23.8 Å². The van der Waals surface area contributed by atoms with Gasteiger partial charge in [0, 0.05) is 6.42 Å². The Morgan fingerprint density at radius 1 is 1.53 bits per heavy atom. The van der Waals surface area contributed by atoms with E-state index in [1.165, 1.54) is 0 Å². The topological polar surface area (TPSA) is 78.6 Å². The third-order valence-electron chi connectivity index (χ3n) is 2.49. The second kappa shape index (κ2) is 5.07. The van der Waals surface area contributed by atoms with E-state index in [4.69, 9.17) is 6.57 Å². The van der Waals surface area contributed by atoms with Crippen LogP contribution in [0.4, 0.5) is 13.2 Å². The summed E-state index contributed by atoms with van der Waals surface area (Å²) in [7, 11) is -4.43. The van der Waals surface area contributed by atoms with Crippen LogP contribution in [0.2, 0.25) is 0 Å². The molecule has 1 rings (SSSR count). The average molecular weight is 314 g/mol. The molecular weight excluding hydrogens is 307 g/mol. The predicted octanol–water partition coefficient (Wildman–Crippen LogP) is 1.30. The number of alkyl halides is 3. The van der Waals surface area contributed by atoms with Crippen LogP contribution in [0.5, 0.6) is 0 Å². The highest BCUT2D eigenvalue weighted by Crippen LogP contribution is 2.37. The summed E-state index contributed by atoms with van der Waals surface area (Å²) in [5, 5.41) is 0. The van der Waals surface area contributed by atoms with Crippen molar-refractivity contribution in [1.82, 2.24) is 0 Å². The minimum absolute atomic E-state index is 0.404. The molecule has 10 heteroatoms. The zero-order chi connectivity index (χ0) is 14.9. The van der Waals surface area contributed by atoms with E-state index < -0.39 is 49.0 Å². The van der Waals surface area contributed by atoms with E-state index in [9.17, 15) is 30.4 Å². The van der Waals surface area contributed by atoms with E-state index in [0.29, 0.717) is 18.2 Å². The van der Waals surface area contributed by atoms with Crippen molar-refractivity contribution in [2.75, 3.05) is 5.88 Å². The monoisotopic (exact) mass is 314 g/mol. The summed E-state index contributed by atoms with van der Waals surface area (Å²) in [6, 6.07) is 0. The molecule has 2 unspecified atom stereocenters. The van der Waals surface area contributed by atoms with Crippen molar-refractivity contribution in [2.45, 2.75) is 16.7 Å². The highest BCUT2D eigenvalue weighted by molar-refractivity contribution is 8.05. The summed E-state index contributed by atoms with van der Waals surface area (Å²) < 4.78 is 80.3. The maximum absolute atomic E-state index is 12.4. The summed E-state index contributed by atoms with van der Waals surface area (Å²) in [5.74, 6) is -1.11. The molecule has 0 N–H and O–H groups in total. The lowest BCUT2D eigenvalue weighted by Gasteiger charge is -2.32. The van der Waals surface area contributed by atoms with E-state index >= 15 is 0 Å². The van der Waals surface area contributed by atoms with Crippen molar-refractivity contribution in [3.8, 4) is 0 Å². The number of hydrogen-bond donors (Lipinski definition) is 0. The largest absolute Gasteiger partial charge is 0.771 e. The van der Waals surface area contributed by atoms with Gasteiger partial charge in [0.05, 0.1) is 5.57 Å². The number of rotatable bonds is 3. The van der Waals surface area contributed by atoms with Crippen molar-refractivity contribution in [3.05, 3.63) is 35.2 Å². The number of sulfone groups is 1. The van der Waals surface area contributed by atoms with Crippen molar-refractivity contribution < 1.29 is 30.4 Å². The van der Waals surface area contributed by atoms with Crippen LogP contribution in [0, 0.1) is 6.57 Å². The van der Waals surface area contributed by atoms with Crippen molar-refractivity contribution in [1.29, 1.82) is 0 Å². The minimum atomic E-state index is -4.68. The van der Waals surface area contributed by atoms with Gasteiger partial charge in [0.25, 0.3) is 0 Å². The molecule has 106 valence electrons. The molecule has 0 saturated heterocycles. The molecule has 0 radical (unpaired) electrons. The lowest BCUT2D eigenvalue weighted by Crippen LogP contribution is -2.43. The van der Waals surface area contributed by atoms with Gasteiger partial charge in [-0.25, -0.2) is 15.0 Å². The number of hydrogen-bond acceptors (Lipinski definition) is 4.